The summed E-state index contributed by atoms with van der Waals surface area (Å²) in [4.78, 5) is 8.57. The van der Waals surface area contributed by atoms with Crippen LogP contribution in [0.2, 0.25) is 37.3 Å². The second-order valence-corrected chi connectivity index (χ2v) is 22.0. The molecule has 0 bridgehead atoms. The molecule has 184 valence electrons. The molecule has 3 rings (SSSR count). The molecule has 3 aliphatic rings. The Labute approximate surface area is 202 Å². The van der Waals surface area contributed by atoms with Gasteiger partial charge in [-0.05, 0) is 88.1 Å². The van der Waals surface area contributed by atoms with Crippen LogP contribution in [0.1, 0.15) is 81.1 Å². The fourth-order valence-electron chi connectivity index (χ4n) is 8.37. The van der Waals surface area contributed by atoms with Crippen LogP contribution in [0.25, 0.3) is 0 Å². The van der Waals surface area contributed by atoms with Gasteiger partial charge in [-0.25, -0.2) is 0 Å². The molecule has 32 heavy (non-hydrogen) atoms. The van der Waals surface area contributed by atoms with Gasteiger partial charge in [-0.15, -0.1) is 0 Å². The van der Waals surface area contributed by atoms with E-state index >= 15 is 0 Å². The fraction of sp³-hybridized carbons (Fsp3) is 0.857. The Morgan fingerprint density at radius 2 is 0.812 bits per heavy atom. The highest BCUT2D eigenvalue weighted by Crippen LogP contribution is 2.50. The van der Waals surface area contributed by atoms with E-state index in [1.165, 1.54) is 25.7 Å². The van der Waals surface area contributed by atoms with Gasteiger partial charge in [0.05, 0.1) is 0 Å². The van der Waals surface area contributed by atoms with Crippen molar-refractivity contribution >= 4 is 16.5 Å². The van der Waals surface area contributed by atoms with Crippen molar-refractivity contribution in [2.75, 3.05) is 0 Å². The second kappa shape index (κ2) is 9.47. The SMILES string of the molecule is CC1=C(C)C([Si](C)(C)NC2CCC(N[Si](C)(C)C3C(C)=C(C)C(C)C3C)CC2)C(C)C1C. The Kier molecular flexibility index (Phi) is 7.82. The Morgan fingerprint density at radius 1 is 0.531 bits per heavy atom. The molecular weight excluding hydrogens is 420 g/mol. The molecular formula is C28H54N2Si2. The van der Waals surface area contributed by atoms with Gasteiger partial charge in [0.15, 0.2) is 0 Å². The largest absolute Gasteiger partial charge is 0.334 e. The van der Waals surface area contributed by atoms with Gasteiger partial charge in [-0.1, -0.05) is 76.2 Å². The van der Waals surface area contributed by atoms with Crippen LogP contribution in [0.3, 0.4) is 0 Å². The molecule has 3 aliphatic carbocycles. The first-order chi connectivity index (χ1) is 14.7. The normalized spacial score (nSPS) is 39.4. The summed E-state index contributed by atoms with van der Waals surface area (Å²) < 4.78 is 0. The third kappa shape index (κ3) is 4.81. The summed E-state index contributed by atoms with van der Waals surface area (Å²) >= 11 is 0. The highest BCUT2D eigenvalue weighted by atomic mass is 28.3. The molecule has 2 nitrogen and oxygen atoms in total. The molecule has 0 spiro atoms. The number of allylic oxidation sites excluding steroid dienone is 4. The number of nitrogens with one attached hydrogen (secondary N) is 2. The van der Waals surface area contributed by atoms with Gasteiger partial charge in [0, 0.05) is 12.1 Å². The first kappa shape index (κ1) is 26.4. The lowest BCUT2D eigenvalue weighted by molar-refractivity contribution is 0.349. The van der Waals surface area contributed by atoms with E-state index in [0.29, 0.717) is 0 Å². The fourth-order valence-corrected chi connectivity index (χ4v) is 17.2. The second-order valence-electron chi connectivity index (χ2n) is 13.3. The maximum atomic E-state index is 4.28. The monoisotopic (exact) mass is 474 g/mol. The topological polar surface area (TPSA) is 24.1 Å². The third-order valence-corrected chi connectivity index (χ3v) is 17.9. The van der Waals surface area contributed by atoms with Crippen molar-refractivity contribution in [2.24, 2.45) is 23.7 Å². The molecule has 0 saturated heterocycles. The minimum absolute atomic E-state index is 0.727. The molecule has 0 radical (unpaired) electrons. The van der Waals surface area contributed by atoms with E-state index in [9.17, 15) is 0 Å². The summed E-state index contributed by atoms with van der Waals surface area (Å²) in [6.45, 7) is 29.9. The minimum Gasteiger partial charge on any atom is -0.334 e. The number of hydrogen-bond donors (Lipinski definition) is 2. The van der Waals surface area contributed by atoms with Crippen molar-refractivity contribution in [3.05, 3.63) is 22.3 Å². The van der Waals surface area contributed by atoms with Crippen molar-refractivity contribution in [3.8, 4) is 0 Å². The predicted octanol–water partition coefficient (Wildman–Crippen LogP) is 7.87. The summed E-state index contributed by atoms with van der Waals surface area (Å²) in [5, 5.41) is 0. The molecule has 0 aromatic heterocycles. The van der Waals surface area contributed by atoms with Gasteiger partial charge >= 0.3 is 0 Å². The summed E-state index contributed by atoms with van der Waals surface area (Å²) in [6, 6.07) is 1.45. The lowest BCUT2D eigenvalue weighted by Crippen LogP contribution is -2.59. The Balaban J connectivity index is 1.58. The molecule has 6 unspecified atom stereocenters. The van der Waals surface area contributed by atoms with Gasteiger partial charge in [0.25, 0.3) is 0 Å². The highest BCUT2D eigenvalue weighted by molar-refractivity contribution is 6.77. The van der Waals surface area contributed by atoms with E-state index in [-0.39, 0.29) is 0 Å². The van der Waals surface area contributed by atoms with E-state index in [0.717, 1.165) is 46.8 Å². The molecule has 0 aliphatic heterocycles. The van der Waals surface area contributed by atoms with E-state index in [1.807, 2.05) is 0 Å². The van der Waals surface area contributed by atoms with Crippen molar-refractivity contribution in [1.29, 1.82) is 0 Å². The standard InChI is InChI=1S/C28H54N2Si2/c1-17-18(2)22(6)27(21(17)5)31(9,10)29-25-13-15-26(16-14-25)30-32(11,12)28-23(7)19(3)20(4)24(28)8/h17,19,21,23,25-30H,13-16H2,1-12H3. The van der Waals surface area contributed by atoms with Crippen LogP contribution < -0.4 is 9.96 Å². The summed E-state index contributed by atoms with van der Waals surface area (Å²) in [6.07, 6.45) is 5.39. The quantitative estimate of drug-likeness (QED) is 0.302. The van der Waals surface area contributed by atoms with E-state index in [1.54, 1.807) is 22.3 Å². The van der Waals surface area contributed by atoms with Crippen LogP contribution in [-0.2, 0) is 0 Å². The lowest BCUT2D eigenvalue weighted by Gasteiger charge is -2.43. The average Bonchev–Trinajstić information content (AvgIpc) is 3.02. The zero-order chi connectivity index (χ0) is 24.2. The van der Waals surface area contributed by atoms with E-state index in [4.69, 9.17) is 0 Å². The Bertz CT molecular complexity index is 693. The molecule has 0 aromatic rings. The molecule has 0 heterocycles. The van der Waals surface area contributed by atoms with Crippen molar-refractivity contribution in [2.45, 2.75) is 130 Å². The first-order valence-electron chi connectivity index (χ1n) is 13.6. The summed E-state index contributed by atoms with van der Waals surface area (Å²) in [5.74, 6) is 3.10. The minimum atomic E-state index is -1.52. The highest BCUT2D eigenvalue weighted by Gasteiger charge is 2.47. The van der Waals surface area contributed by atoms with Gasteiger partial charge in [0.2, 0.25) is 0 Å². The van der Waals surface area contributed by atoms with E-state index in [2.05, 4.69) is 91.5 Å². The maximum Gasteiger partial charge on any atom is 0.127 e. The molecule has 1 fully saturated rings. The van der Waals surface area contributed by atoms with Gasteiger partial charge in [-0.3, -0.25) is 0 Å². The van der Waals surface area contributed by atoms with Crippen LogP contribution in [-0.4, -0.2) is 28.6 Å². The van der Waals surface area contributed by atoms with Gasteiger partial charge in [-0.2, -0.15) is 0 Å². The van der Waals surface area contributed by atoms with Crippen LogP contribution in [0.5, 0.6) is 0 Å². The lowest BCUT2D eigenvalue weighted by atomic mass is 9.92. The van der Waals surface area contributed by atoms with Crippen molar-refractivity contribution < 1.29 is 0 Å². The van der Waals surface area contributed by atoms with Crippen molar-refractivity contribution in [1.82, 2.24) is 9.96 Å². The molecule has 4 heteroatoms. The average molecular weight is 475 g/mol. The van der Waals surface area contributed by atoms with Crippen LogP contribution in [0.15, 0.2) is 22.3 Å². The Hall–Kier alpha value is -0.166. The third-order valence-electron chi connectivity index (χ3n) is 10.6. The van der Waals surface area contributed by atoms with Crippen LogP contribution in [0.4, 0.5) is 0 Å². The molecule has 6 atom stereocenters. The molecule has 0 aromatic carbocycles. The predicted molar refractivity (Wildman–Crippen MR) is 148 cm³/mol. The van der Waals surface area contributed by atoms with E-state index < -0.39 is 16.5 Å². The molecule has 2 N–H and O–H groups in total. The summed E-state index contributed by atoms with van der Waals surface area (Å²) in [5.41, 5.74) is 8.33. The van der Waals surface area contributed by atoms with Crippen LogP contribution >= 0.6 is 0 Å². The Morgan fingerprint density at radius 3 is 1.03 bits per heavy atom. The van der Waals surface area contributed by atoms with Crippen LogP contribution in [0, 0.1) is 23.7 Å². The summed E-state index contributed by atoms with van der Waals surface area (Å²) in [7, 11) is -3.03. The maximum absolute atomic E-state index is 4.28. The zero-order valence-corrected chi connectivity index (χ0v) is 25.4. The van der Waals surface area contributed by atoms with Gasteiger partial charge in [0.1, 0.15) is 16.5 Å². The smallest absolute Gasteiger partial charge is 0.127 e. The first-order valence-corrected chi connectivity index (χ1v) is 19.7. The van der Waals surface area contributed by atoms with Gasteiger partial charge < -0.3 is 9.96 Å². The number of hydrogen-bond acceptors (Lipinski definition) is 2. The zero-order valence-electron chi connectivity index (χ0n) is 23.4. The van der Waals surface area contributed by atoms with Crippen molar-refractivity contribution in [3.63, 3.8) is 0 Å². The molecule has 0 amide bonds. The molecule has 1 saturated carbocycles. The number of rotatable bonds is 6.